The lowest BCUT2D eigenvalue weighted by Crippen LogP contribution is -1.99. The van der Waals surface area contributed by atoms with Gasteiger partial charge in [0.2, 0.25) is 0 Å². The number of benzene rings is 2. The van der Waals surface area contributed by atoms with Gasteiger partial charge in [0.1, 0.15) is 5.82 Å². The third-order valence-corrected chi connectivity index (χ3v) is 4.80. The number of aryl methyl sites for hydroxylation is 2. The molecule has 2 nitrogen and oxygen atoms in total. The van der Waals surface area contributed by atoms with Crippen LogP contribution in [0.4, 0.5) is 4.39 Å². The van der Waals surface area contributed by atoms with E-state index >= 15 is 0 Å². The van der Waals surface area contributed by atoms with E-state index in [2.05, 4.69) is 18.2 Å². The molecule has 4 heteroatoms. The van der Waals surface area contributed by atoms with Crippen molar-refractivity contribution in [1.29, 1.82) is 0 Å². The van der Waals surface area contributed by atoms with Gasteiger partial charge >= 0.3 is 5.97 Å². The normalized spacial score (nSPS) is 13.2. The van der Waals surface area contributed by atoms with Crippen molar-refractivity contribution in [3.8, 4) is 0 Å². The van der Waals surface area contributed by atoms with Crippen LogP contribution in [0.3, 0.4) is 0 Å². The van der Waals surface area contributed by atoms with E-state index in [-0.39, 0.29) is 11.4 Å². The smallest absolute Gasteiger partial charge is 0.335 e. The summed E-state index contributed by atoms with van der Waals surface area (Å²) in [4.78, 5) is 12.0. The molecule has 108 valence electrons. The van der Waals surface area contributed by atoms with Crippen molar-refractivity contribution in [1.82, 2.24) is 0 Å². The summed E-state index contributed by atoms with van der Waals surface area (Å²) in [7, 11) is 0. The number of thioether (sulfide) groups is 1. The number of carbonyl (C=O) groups is 1. The first-order chi connectivity index (χ1) is 10.1. The Bertz CT molecular complexity index is 697. The van der Waals surface area contributed by atoms with Crippen molar-refractivity contribution < 1.29 is 14.3 Å². The van der Waals surface area contributed by atoms with Crippen LogP contribution < -0.4 is 0 Å². The Morgan fingerprint density at radius 3 is 2.76 bits per heavy atom. The number of aromatic carboxylic acids is 1. The van der Waals surface area contributed by atoms with E-state index in [1.165, 1.54) is 35.7 Å². The number of halogens is 1. The Labute approximate surface area is 127 Å². The average Bonchev–Trinajstić information content (AvgIpc) is 2.93. The molecule has 0 saturated carbocycles. The fourth-order valence-electron chi connectivity index (χ4n) is 2.62. The Hall–Kier alpha value is -1.81. The summed E-state index contributed by atoms with van der Waals surface area (Å²) >= 11 is 1.54. The molecule has 21 heavy (non-hydrogen) atoms. The van der Waals surface area contributed by atoms with Crippen molar-refractivity contribution in [2.75, 3.05) is 0 Å². The quantitative estimate of drug-likeness (QED) is 0.855. The molecule has 0 atom stereocenters. The van der Waals surface area contributed by atoms with Crippen LogP contribution in [-0.2, 0) is 18.6 Å². The van der Waals surface area contributed by atoms with Gasteiger partial charge in [0.15, 0.2) is 0 Å². The summed E-state index contributed by atoms with van der Waals surface area (Å²) in [5, 5.41) is 8.96. The monoisotopic (exact) mass is 302 g/mol. The zero-order valence-electron chi connectivity index (χ0n) is 11.4. The Morgan fingerprint density at radius 2 is 1.95 bits per heavy atom. The molecule has 2 aromatic carbocycles. The zero-order valence-corrected chi connectivity index (χ0v) is 12.3. The Morgan fingerprint density at radius 1 is 1.14 bits per heavy atom. The van der Waals surface area contributed by atoms with E-state index in [9.17, 15) is 9.18 Å². The minimum atomic E-state index is -1.03. The molecule has 1 aliphatic rings. The van der Waals surface area contributed by atoms with Gasteiger partial charge in [0, 0.05) is 10.6 Å². The Kier molecular flexibility index (Phi) is 3.97. The highest BCUT2D eigenvalue weighted by molar-refractivity contribution is 7.98. The third kappa shape index (κ3) is 3.10. The zero-order chi connectivity index (χ0) is 14.8. The lowest BCUT2D eigenvalue weighted by molar-refractivity contribution is 0.0696. The molecule has 0 heterocycles. The number of hydrogen-bond donors (Lipinski definition) is 1. The van der Waals surface area contributed by atoms with Crippen LogP contribution in [0.15, 0.2) is 41.3 Å². The van der Waals surface area contributed by atoms with E-state index in [4.69, 9.17) is 5.11 Å². The molecule has 0 aromatic heterocycles. The molecule has 0 radical (unpaired) electrons. The van der Waals surface area contributed by atoms with Crippen LogP contribution in [0.5, 0.6) is 0 Å². The van der Waals surface area contributed by atoms with Gasteiger partial charge in [-0.05, 0) is 66.3 Å². The SMILES string of the molecule is O=C(O)c1ccc(F)c(CSc2ccc3c(c2)CCC3)c1. The van der Waals surface area contributed by atoms with Gasteiger partial charge in [-0.15, -0.1) is 11.8 Å². The molecular formula is C17H15FO2S. The first kappa shape index (κ1) is 14.1. The van der Waals surface area contributed by atoms with E-state index in [1.54, 1.807) is 11.8 Å². The lowest BCUT2D eigenvalue weighted by atomic mass is 10.1. The molecule has 0 spiro atoms. The first-order valence-electron chi connectivity index (χ1n) is 6.90. The minimum absolute atomic E-state index is 0.126. The van der Waals surface area contributed by atoms with Crippen LogP contribution in [0.25, 0.3) is 0 Å². The fraction of sp³-hybridized carbons (Fsp3) is 0.235. The number of hydrogen-bond acceptors (Lipinski definition) is 2. The van der Waals surface area contributed by atoms with E-state index in [1.807, 2.05) is 0 Å². The summed E-state index contributed by atoms with van der Waals surface area (Å²) in [5.41, 5.74) is 3.36. The number of carboxylic acid groups (broad SMARTS) is 1. The van der Waals surface area contributed by atoms with Gasteiger partial charge in [0.05, 0.1) is 5.56 Å². The van der Waals surface area contributed by atoms with Gasteiger partial charge in [-0.2, -0.15) is 0 Å². The summed E-state index contributed by atoms with van der Waals surface area (Å²) in [5.74, 6) is -0.946. The predicted octanol–water partition coefficient (Wildman–Crippen LogP) is 4.30. The van der Waals surface area contributed by atoms with Crippen molar-refractivity contribution in [3.63, 3.8) is 0 Å². The second kappa shape index (κ2) is 5.90. The van der Waals surface area contributed by atoms with Crippen LogP contribution in [-0.4, -0.2) is 11.1 Å². The summed E-state index contributed by atoms with van der Waals surface area (Å²) in [6, 6.07) is 10.3. The van der Waals surface area contributed by atoms with Gasteiger partial charge in [-0.3, -0.25) is 0 Å². The molecule has 0 amide bonds. The van der Waals surface area contributed by atoms with E-state index in [0.717, 1.165) is 17.7 Å². The lowest BCUT2D eigenvalue weighted by Gasteiger charge is -2.07. The topological polar surface area (TPSA) is 37.3 Å². The third-order valence-electron chi connectivity index (χ3n) is 3.76. The molecule has 0 aliphatic heterocycles. The maximum atomic E-state index is 13.7. The second-order valence-electron chi connectivity index (χ2n) is 5.18. The number of rotatable bonds is 4. The van der Waals surface area contributed by atoms with Gasteiger partial charge in [-0.25, -0.2) is 9.18 Å². The van der Waals surface area contributed by atoms with Crippen molar-refractivity contribution in [2.45, 2.75) is 29.9 Å². The maximum absolute atomic E-state index is 13.7. The maximum Gasteiger partial charge on any atom is 0.335 e. The van der Waals surface area contributed by atoms with E-state index < -0.39 is 5.97 Å². The molecule has 1 N–H and O–H groups in total. The fourth-order valence-corrected chi connectivity index (χ4v) is 3.55. The molecular weight excluding hydrogens is 287 g/mol. The standard InChI is InChI=1S/C17H15FO2S/c18-16-7-5-13(17(19)20)8-14(16)10-21-15-6-4-11-2-1-3-12(11)9-15/h4-9H,1-3,10H2,(H,19,20). The summed E-state index contributed by atoms with van der Waals surface area (Å²) in [6.07, 6.45) is 3.47. The van der Waals surface area contributed by atoms with Gasteiger partial charge < -0.3 is 5.11 Å². The van der Waals surface area contributed by atoms with E-state index in [0.29, 0.717) is 11.3 Å². The van der Waals surface area contributed by atoms with Crippen molar-refractivity contribution in [2.24, 2.45) is 0 Å². The highest BCUT2D eigenvalue weighted by Gasteiger charge is 2.12. The average molecular weight is 302 g/mol. The molecule has 0 bridgehead atoms. The van der Waals surface area contributed by atoms with Gasteiger partial charge in [-0.1, -0.05) is 6.07 Å². The molecule has 3 rings (SSSR count). The summed E-state index contributed by atoms with van der Waals surface area (Å²) in [6.45, 7) is 0. The summed E-state index contributed by atoms with van der Waals surface area (Å²) < 4.78 is 13.7. The number of fused-ring (bicyclic) bond motifs is 1. The van der Waals surface area contributed by atoms with Crippen LogP contribution in [0.2, 0.25) is 0 Å². The highest BCUT2D eigenvalue weighted by Crippen LogP contribution is 2.30. The Balaban J connectivity index is 1.75. The predicted molar refractivity (Wildman–Crippen MR) is 81.4 cm³/mol. The van der Waals surface area contributed by atoms with Crippen LogP contribution >= 0.6 is 11.8 Å². The molecule has 1 aliphatic carbocycles. The van der Waals surface area contributed by atoms with Crippen LogP contribution in [0, 0.1) is 5.82 Å². The molecule has 0 unspecified atom stereocenters. The molecule has 0 saturated heterocycles. The molecule has 0 fully saturated rings. The first-order valence-corrected chi connectivity index (χ1v) is 7.88. The molecule has 2 aromatic rings. The minimum Gasteiger partial charge on any atom is -0.478 e. The highest BCUT2D eigenvalue weighted by atomic mass is 32.2. The largest absolute Gasteiger partial charge is 0.478 e. The van der Waals surface area contributed by atoms with Crippen LogP contribution in [0.1, 0.15) is 33.5 Å². The van der Waals surface area contributed by atoms with Crippen molar-refractivity contribution in [3.05, 3.63) is 64.5 Å². The number of carboxylic acids is 1. The van der Waals surface area contributed by atoms with Gasteiger partial charge in [0.25, 0.3) is 0 Å². The van der Waals surface area contributed by atoms with Crippen molar-refractivity contribution >= 4 is 17.7 Å². The second-order valence-corrected chi connectivity index (χ2v) is 6.23.